The summed E-state index contributed by atoms with van der Waals surface area (Å²) < 4.78 is 10.5. The summed E-state index contributed by atoms with van der Waals surface area (Å²) in [6, 6.07) is 0. The van der Waals surface area contributed by atoms with Crippen molar-refractivity contribution in [3.05, 3.63) is 0 Å². The van der Waals surface area contributed by atoms with Gasteiger partial charge in [-0.05, 0) is 13.8 Å². The first-order chi connectivity index (χ1) is 5.76. The average Bonchev–Trinajstić information content (AvgIpc) is 2.04. The summed E-state index contributed by atoms with van der Waals surface area (Å²) in [5.74, 6) is 0. The van der Waals surface area contributed by atoms with Gasteiger partial charge < -0.3 is 0 Å². The Morgan fingerprint density at radius 3 is 2.25 bits per heavy atom. The van der Waals surface area contributed by atoms with E-state index in [2.05, 4.69) is 4.99 Å². The van der Waals surface area contributed by atoms with Gasteiger partial charge in [-0.15, -0.1) is 13.4 Å². The largest absolute Gasteiger partial charge is 0.342 e. The normalized spacial score (nSPS) is 12.7. The Hall–Kier alpha value is -0.350. The quantitative estimate of drug-likeness (QED) is 0.361. The van der Waals surface area contributed by atoms with E-state index in [1.807, 2.05) is 13.8 Å². The van der Waals surface area contributed by atoms with Crippen molar-refractivity contribution in [2.75, 3.05) is 13.2 Å². The van der Waals surface area contributed by atoms with Gasteiger partial charge in [0.2, 0.25) is 6.08 Å². The molecule has 0 aromatic heterocycles. The SMILES string of the molecule is CCO[S+](OCC)C(C)N=C=O. The molecule has 0 aliphatic rings. The molecule has 1 atom stereocenters. The van der Waals surface area contributed by atoms with E-state index < -0.39 is 11.5 Å². The van der Waals surface area contributed by atoms with Crippen LogP contribution >= 0.6 is 0 Å². The van der Waals surface area contributed by atoms with Gasteiger partial charge in [0.15, 0.2) is 0 Å². The fourth-order valence-electron chi connectivity index (χ4n) is 0.581. The van der Waals surface area contributed by atoms with Crippen molar-refractivity contribution < 1.29 is 13.2 Å². The molecule has 0 N–H and O–H groups in total. The number of hydrogen-bond acceptors (Lipinski definition) is 4. The lowest BCUT2D eigenvalue weighted by molar-refractivity contribution is 0.280. The van der Waals surface area contributed by atoms with Gasteiger partial charge in [-0.25, -0.2) is 4.79 Å². The highest BCUT2D eigenvalue weighted by molar-refractivity contribution is 7.88. The molecule has 0 fully saturated rings. The van der Waals surface area contributed by atoms with Crippen LogP contribution in [0, 0.1) is 0 Å². The van der Waals surface area contributed by atoms with Crippen LogP contribution in [0.4, 0.5) is 0 Å². The van der Waals surface area contributed by atoms with Crippen molar-refractivity contribution in [3.63, 3.8) is 0 Å². The fraction of sp³-hybridized carbons (Fsp3) is 0.857. The lowest BCUT2D eigenvalue weighted by atomic mass is 10.8. The molecular formula is C7H14NO3S+. The molecule has 0 heterocycles. The third-order valence-electron chi connectivity index (χ3n) is 0.981. The molecule has 0 aliphatic heterocycles. The maximum absolute atomic E-state index is 9.93. The molecule has 12 heavy (non-hydrogen) atoms. The maximum atomic E-state index is 9.93. The van der Waals surface area contributed by atoms with Gasteiger partial charge in [0.05, 0.1) is 0 Å². The van der Waals surface area contributed by atoms with Crippen LogP contribution in [0.1, 0.15) is 20.8 Å². The Labute approximate surface area is 75.7 Å². The summed E-state index contributed by atoms with van der Waals surface area (Å²) in [7, 11) is 0. The van der Waals surface area contributed by atoms with Gasteiger partial charge in [0.25, 0.3) is 5.37 Å². The zero-order valence-electron chi connectivity index (χ0n) is 7.57. The standard InChI is InChI=1S/C7H14NO3S/c1-4-10-12(11-5-2)7(3)8-6-9/h7H,4-5H2,1-3H3/q+1. The molecule has 70 valence electrons. The molecule has 5 heteroatoms. The second kappa shape index (κ2) is 7.31. The van der Waals surface area contributed by atoms with Crippen LogP contribution < -0.4 is 0 Å². The first-order valence-corrected chi connectivity index (χ1v) is 4.96. The van der Waals surface area contributed by atoms with Crippen LogP contribution in [0.25, 0.3) is 0 Å². The van der Waals surface area contributed by atoms with E-state index >= 15 is 0 Å². The maximum Gasteiger partial charge on any atom is 0.342 e. The van der Waals surface area contributed by atoms with E-state index in [1.54, 1.807) is 6.92 Å². The van der Waals surface area contributed by atoms with Crippen LogP contribution in [-0.2, 0) is 24.6 Å². The molecule has 0 aliphatic carbocycles. The summed E-state index contributed by atoms with van der Waals surface area (Å²) in [6.07, 6.45) is 1.49. The lowest BCUT2D eigenvalue weighted by Gasteiger charge is -2.03. The third kappa shape index (κ3) is 4.51. The van der Waals surface area contributed by atoms with Gasteiger partial charge in [-0.2, -0.15) is 0 Å². The number of carbonyl (C=O) groups excluding carboxylic acids is 1. The zero-order valence-corrected chi connectivity index (χ0v) is 8.39. The minimum Gasteiger partial charge on any atom is -0.211 e. The molecule has 0 saturated heterocycles. The molecule has 0 spiro atoms. The first kappa shape index (κ1) is 11.6. The second-order valence-electron chi connectivity index (χ2n) is 1.89. The Morgan fingerprint density at radius 2 is 1.92 bits per heavy atom. The zero-order chi connectivity index (χ0) is 9.40. The number of aliphatic imine (C=N–C) groups is 1. The highest BCUT2D eigenvalue weighted by Gasteiger charge is 2.31. The van der Waals surface area contributed by atoms with Gasteiger partial charge in [-0.3, -0.25) is 0 Å². The highest BCUT2D eigenvalue weighted by Crippen LogP contribution is 2.10. The van der Waals surface area contributed by atoms with Gasteiger partial charge in [0.1, 0.15) is 13.2 Å². The summed E-state index contributed by atoms with van der Waals surface area (Å²) in [5.41, 5.74) is 0. The minimum absolute atomic E-state index is 0.262. The van der Waals surface area contributed by atoms with E-state index in [0.29, 0.717) is 13.2 Å². The topological polar surface area (TPSA) is 47.9 Å². The number of rotatable bonds is 6. The Bertz CT molecular complexity index is 153. The average molecular weight is 192 g/mol. The van der Waals surface area contributed by atoms with Crippen LogP contribution in [0.2, 0.25) is 0 Å². The molecular weight excluding hydrogens is 178 g/mol. The van der Waals surface area contributed by atoms with E-state index in [9.17, 15) is 4.79 Å². The summed E-state index contributed by atoms with van der Waals surface area (Å²) in [6.45, 7) is 6.62. The predicted molar refractivity (Wildman–Crippen MR) is 48.2 cm³/mol. The van der Waals surface area contributed by atoms with Gasteiger partial charge in [-0.1, -0.05) is 0 Å². The Balaban J connectivity index is 3.97. The number of nitrogens with zero attached hydrogens (tertiary/aromatic N) is 1. The van der Waals surface area contributed by atoms with E-state index in [-0.39, 0.29) is 5.37 Å². The Kier molecular flexibility index (Phi) is 7.09. The molecule has 0 rings (SSSR count). The van der Waals surface area contributed by atoms with Crippen molar-refractivity contribution in [2.45, 2.75) is 26.1 Å². The molecule has 4 nitrogen and oxygen atoms in total. The summed E-state index contributed by atoms with van der Waals surface area (Å²) in [4.78, 5) is 13.4. The van der Waals surface area contributed by atoms with Crippen molar-refractivity contribution in [1.82, 2.24) is 0 Å². The second-order valence-corrected chi connectivity index (χ2v) is 3.57. The Morgan fingerprint density at radius 1 is 1.42 bits per heavy atom. The molecule has 0 saturated carbocycles. The third-order valence-corrected chi connectivity index (χ3v) is 2.58. The molecule has 0 aromatic carbocycles. The highest BCUT2D eigenvalue weighted by atomic mass is 32.2. The number of hydrogen-bond donors (Lipinski definition) is 0. The smallest absolute Gasteiger partial charge is 0.211 e. The van der Waals surface area contributed by atoms with Crippen molar-refractivity contribution >= 4 is 17.5 Å². The van der Waals surface area contributed by atoms with E-state index in [4.69, 9.17) is 8.37 Å². The minimum atomic E-state index is -0.698. The van der Waals surface area contributed by atoms with Crippen molar-refractivity contribution in [3.8, 4) is 0 Å². The van der Waals surface area contributed by atoms with E-state index in [0.717, 1.165) is 0 Å². The fourth-order valence-corrected chi connectivity index (χ4v) is 1.64. The molecule has 1 unspecified atom stereocenters. The molecule has 0 bridgehead atoms. The summed E-state index contributed by atoms with van der Waals surface area (Å²) in [5, 5.41) is -0.262. The van der Waals surface area contributed by atoms with Crippen molar-refractivity contribution in [1.29, 1.82) is 0 Å². The summed E-state index contributed by atoms with van der Waals surface area (Å²) >= 11 is -0.698. The van der Waals surface area contributed by atoms with E-state index in [1.165, 1.54) is 6.08 Å². The van der Waals surface area contributed by atoms with Crippen LogP contribution in [-0.4, -0.2) is 24.7 Å². The monoisotopic (exact) mass is 192 g/mol. The van der Waals surface area contributed by atoms with Crippen LogP contribution in [0.3, 0.4) is 0 Å². The number of isocyanates is 1. The van der Waals surface area contributed by atoms with Gasteiger partial charge >= 0.3 is 11.5 Å². The predicted octanol–water partition coefficient (Wildman–Crippen LogP) is 1.19. The lowest BCUT2D eigenvalue weighted by Crippen LogP contribution is -2.22. The van der Waals surface area contributed by atoms with Crippen LogP contribution in [0.15, 0.2) is 4.99 Å². The van der Waals surface area contributed by atoms with Crippen LogP contribution in [0.5, 0.6) is 0 Å². The molecule has 0 amide bonds. The first-order valence-electron chi connectivity index (χ1n) is 3.82. The molecule has 0 aromatic rings. The molecule has 0 radical (unpaired) electrons. The van der Waals surface area contributed by atoms with Gasteiger partial charge in [0, 0.05) is 6.92 Å². The van der Waals surface area contributed by atoms with Crippen molar-refractivity contribution in [2.24, 2.45) is 4.99 Å².